The summed E-state index contributed by atoms with van der Waals surface area (Å²) >= 11 is 5.15. The number of nitrogens with zero attached hydrogens (tertiary/aromatic N) is 1. The van der Waals surface area contributed by atoms with Crippen molar-refractivity contribution in [2.45, 2.75) is 18.9 Å². The van der Waals surface area contributed by atoms with E-state index < -0.39 is 0 Å². The summed E-state index contributed by atoms with van der Waals surface area (Å²) < 4.78 is 0.902. The third-order valence-electron chi connectivity index (χ3n) is 3.24. The lowest BCUT2D eigenvalue weighted by atomic mass is 10.1. The summed E-state index contributed by atoms with van der Waals surface area (Å²) in [4.78, 5) is 14.5. The van der Waals surface area contributed by atoms with Gasteiger partial charge in [-0.2, -0.15) is 11.8 Å². The molecule has 3 nitrogen and oxygen atoms in total. The molecule has 1 aliphatic heterocycles. The molecule has 1 unspecified atom stereocenters. The molecule has 0 saturated carbocycles. The van der Waals surface area contributed by atoms with Crippen LogP contribution in [0.2, 0.25) is 0 Å². The van der Waals surface area contributed by atoms with E-state index in [9.17, 15) is 4.79 Å². The zero-order valence-corrected chi connectivity index (χ0v) is 12.8. The molecule has 1 saturated heterocycles. The zero-order chi connectivity index (χ0) is 13.1. The molecule has 0 spiro atoms. The predicted octanol–water partition coefficient (Wildman–Crippen LogP) is 3.00. The Morgan fingerprint density at radius 3 is 3.06 bits per heavy atom. The van der Waals surface area contributed by atoms with Crippen LogP contribution in [-0.2, 0) is 0 Å². The summed E-state index contributed by atoms with van der Waals surface area (Å²) in [7, 11) is 0. The topological polar surface area (TPSA) is 46.3 Å². The van der Waals surface area contributed by atoms with Gasteiger partial charge in [-0.25, -0.2) is 0 Å². The maximum atomic E-state index is 12.5. The number of likely N-dealkylation sites (tertiary alicyclic amines) is 1. The third kappa shape index (κ3) is 2.83. The van der Waals surface area contributed by atoms with Gasteiger partial charge >= 0.3 is 0 Å². The number of hydrogen-bond donors (Lipinski definition) is 1. The Bertz CT molecular complexity index is 453. The number of carbonyl (C=O) groups excluding carboxylic acids is 1. The summed E-state index contributed by atoms with van der Waals surface area (Å²) in [5.74, 6) is 1.07. The molecule has 0 bridgehead atoms. The number of thioether (sulfide) groups is 1. The number of halogens is 1. The lowest BCUT2D eigenvalue weighted by Gasteiger charge is -2.24. The van der Waals surface area contributed by atoms with E-state index in [0.29, 0.717) is 17.3 Å². The lowest BCUT2D eigenvalue weighted by molar-refractivity contribution is 0.0751. The average Bonchev–Trinajstić information content (AvgIpc) is 2.77. The van der Waals surface area contributed by atoms with Crippen LogP contribution in [0, 0.1) is 0 Å². The molecule has 1 aromatic carbocycles. The van der Waals surface area contributed by atoms with Crippen LogP contribution in [0.15, 0.2) is 22.7 Å². The van der Waals surface area contributed by atoms with Crippen LogP contribution in [0.5, 0.6) is 0 Å². The van der Waals surface area contributed by atoms with Gasteiger partial charge in [0.2, 0.25) is 0 Å². The minimum absolute atomic E-state index is 0.0663. The summed E-state index contributed by atoms with van der Waals surface area (Å²) in [5, 5.41) is 0. The van der Waals surface area contributed by atoms with Crippen molar-refractivity contribution in [2.75, 3.05) is 24.3 Å². The van der Waals surface area contributed by atoms with E-state index in [1.807, 2.05) is 11.0 Å². The monoisotopic (exact) mass is 328 g/mol. The third-order valence-corrected chi connectivity index (χ3v) is 4.45. The highest BCUT2D eigenvalue weighted by Crippen LogP contribution is 2.26. The molecule has 0 aromatic heterocycles. The van der Waals surface area contributed by atoms with E-state index in [1.165, 1.54) is 0 Å². The van der Waals surface area contributed by atoms with Crippen molar-refractivity contribution in [3.63, 3.8) is 0 Å². The molecule has 1 atom stereocenters. The van der Waals surface area contributed by atoms with Gasteiger partial charge in [0.1, 0.15) is 0 Å². The highest BCUT2D eigenvalue weighted by Gasteiger charge is 2.29. The van der Waals surface area contributed by atoms with Crippen molar-refractivity contribution in [2.24, 2.45) is 0 Å². The Morgan fingerprint density at radius 2 is 2.39 bits per heavy atom. The molecule has 1 heterocycles. The molecule has 98 valence electrons. The van der Waals surface area contributed by atoms with E-state index in [2.05, 4.69) is 22.2 Å². The molecule has 2 N–H and O–H groups in total. The quantitative estimate of drug-likeness (QED) is 0.867. The highest BCUT2D eigenvalue weighted by atomic mass is 79.9. The van der Waals surface area contributed by atoms with Crippen molar-refractivity contribution >= 4 is 39.3 Å². The van der Waals surface area contributed by atoms with Crippen LogP contribution in [0.1, 0.15) is 23.2 Å². The molecule has 1 aliphatic rings. The van der Waals surface area contributed by atoms with E-state index in [0.717, 1.165) is 29.6 Å². The number of carbonyl (C=O) groups is 1. The summed E-state index contributed by atoms with van der Waals surface area (Å²) in [6, 6.07) is 5.81. The standard InChI is InChI=1S/C13H17BrN2OS/c1-18-8-10-3-2-6-16(10)13(17)11-5-4-9(14)7-12(11)15/h4-5,7,10H,2-3,6,8,15H2,1H3. The van der Waals surface area contributed by atoms with Gasteiger partial charge in [-0.1, -0.05) is 15.9 Å². The second-order valence-electron chi connectivity index (χ2n) is 4.48. The molecule has 1 aromatic rings. The lowest BCUT2D eigenvalue weighted by Crippen LogP contribution is -2.37. The molecular weight excluding hydrogens is 312 g/mol. The molecule has 1 fully saturated rings. The minimum atomic E-state index is 0.0663. The smallest absolute Gasteiger partial charge is 0.256 e. The second-order valence-corrected chi connectivity index (χ2v) is 6.31. The predicted molar refractivity (Wildman–Crippen MR) is 81.0 cm³/mol. The van der Waals surface area contributed by atoms with Gasteiger partial charge in [-0.3, -0.25) is 4.79 Å². The van der Waals surface area contributed by atoms with Crippen LogP contribution in [0.25, 0.3) is 0 Å². The Kier molecular flexibility index (Phi) is 4.56. The van der Waals surface area contributed by atoms with Gasteiger partial charge in [0, 0.05) is 28.5 Å². The second kappa shape index (κ2) is 5.97. The first-order valence-corrected chi connectivity index (χ1v) is 8.17. The first-order valence-electron chi connectivity index (χ1n) is 5.98. The molecule has 18 heavy (non-hydrogen) atoms. The maximum Gasteiger partial charge on any atom is 0.256 e. The van der Waals surface area contributed by atoms with E-state index in [1.54, 1.807) is 23.9 Å². The zero-order valence-electron chi connectivity index (χ0n) is 10.4. The van der Waals surface area contributed by atoms with Gasteiger partial charge in [-0.15, -0.1) is 0 Å². The van der Waals surface area contributed by atoms with Crippen molar-refractivity contribution in [3.05, 3.63) is 28.2 Å². The van der Waals surface area contributed by atoms with Crippen LogP contribution in [0.4, 0.5) is 5.69 Å². The van der Waals surface area contributed by atoms with Crippen LogP contribution >= 0.6 is 27.7 Å². The average molecular weight is 329 g/mol. The SMILES string of the molecule is CSCC1CCCN1C(=O)c1ccc(Br)cc1N. The number of rotatable bonds is 3. The molecule has 1 amide bonds. The summed E-state index contributed by atoms with van der Waals surface area (Å²) in [6.07, 6.45) is 4.27. The van der Waals surface area contributed by atoms with Gasteiger partial charge in [0.15, 0.2) is 0 Å². The number of nitrogens with two attached hydrogens (primary N) is 1. The van der Waals surface area contributed by atoms with Crippen molar-refractivity contribution in [1.82, 2.24) is 4.90 Å². The summed E-state index contributed by atoms with van der Waals surface area (Å²) in [5.41, 5.74) is 7.09. The fourth-order valence-corrected chi connectivity index (χ4v) is 3.46. The molecule has 0 aliphatic carbocycles. The summed E-state index contributed by atoms with van der Waals surface area (Å²) in [6.45, 7) is 0.847. The van der Waals surface area contributed by atoms with Gasteiger partial charge < -0.3 is 10.6 Å². The van der Waals surface area contributed by atoms with E-state index >= 15 is 0 Å². The Labute approximate surface area is 120 Å². The van der Waals surface area contributed by atoms with Crippen LogP contribution in [0.3, 0.4) is 0 Å². The number of anilines is 1. The Hall–Kier alpha value is -0.680. The molecule has 5 heteroatoms. The van der Waals surface area contributed by atoms with Gasteiger partial charge in [0.25, 0.3) is 5.91 Å². The molecule has 0 radical (unpaired) electrons. The molecule has 2 rings (SSSR count). The van der Waals surface area contributed by atoms with Crippen LogP contribution < -0.4 is 5.73 Å². The Balaban J connectivity index is 2.20. The first kappa shape index (κ1) is 13.7. The minimum Gasteiger partial charge on any atom is -0.398 e. The maximum absolute atomic E-state index is 12.5. The van der Waals surface area contributed by atoms with Gasteiger partial charge in [-0.05, 0) is 37.3 Å². The number of amides is 1. The normalized spacial score (nSPS) is 19.2. The highest BCUT2D eigenvalue weighted by molar-refractivity contribution is 9.10. The number of nitrogen functional groups attached to an aromatic ring is 1. The molecular formula is C13H17BrN2OS. The van der Waals surface area contributed by atoms with E-state index in [-0.39, 0.29) is 5.91 Å². The number of benzene rings is 1. The van der Waals surface area contributed by atoms with Crippen molar-refractivity contribution < 1.29 is 4.79 Å². The van der Waals surface area contributed by atoms with E-state index in [4.69, 9.17) is 5.73 Å². The van der Waals surface area contributed by atoms with Gasteiger partial charge in [0.05, 0.1) is 5.56 Å². The number of hydrogen-bond acceptors (Lipinski definition) is 3. The van der Waals surface area contributed by atoms with Crippen molar-refractivity contribution in [3.8, 4) is 0 Å². The largest absolute Gasteiger partial charge is 0.398 e. The first-order chi connectivity index (χ1) is 8.63. The fraction of sp³-hybridized carbons (Fsp3) is 0.462. The van der Waals surface area contributed by atoms with Crippen molar-refractivity contribution in [1.29, 1.82) is 0 Å². The Morgan fingerprint density at radius 1 is 1.61 bits per heavy atom. The fourth-order valence-electron chi connectivity index (χ4n) is 2.35. The van der Waals surface area contributed by atoms with Crippen LogP contribution in [-0.4, -0.2) is 35.4 Å².